The molecule has 0 aliphatic rings. The summed E-state index contributed by atoms with van der Waals surface area (Å²) in [5.74, 6) is -0.0317. The fourth-order valence-electron chi connectivity index (χ4n) is 1.72. The molecule has 0 aromatic heterocycles. The number of halogens is 1. The molecular weight excluding hydrogens is 304 g/mol. The van der Waals surface area contributed by atoms with E-state index in [0.29, 0.717) is 10.8 Å². The normalized spacial score (nSPS) is 12.5. The van der Waals surface area contributed by atoms with Crippen molar-refractivity contribution in [3.8, 4) is 5.75 Å². The maximum atomic E-state index is 11.9. The topological polar surface area (TPSA) is 67.4 Å². The van der Waals surface area contributed by atoms with Gasteiger partial charge in [-0.25, -0.2) is 0 Å². The van der Waals surface area contributed by atoms with Crippen LogP contribution in [0.15, 0.2) is 18.2 Å². The van der Waals surface area contributed by atoms with Crippen LogP contribution in [0.3, 0.4) is 0 Å². The lowest BCUT2D eigenvalue weighted by Crippen LogP contribution is -2.47. The Morgan fingerprint density at radius 1 is 1.32 bits per heavy atom. The number of carbonyl (C=O) groups is 2. The summed E-state index contributed by atoms with van der Waals surface area (Å²) in [6.45, 7) is 9.03. The monoisotopic (exact) mass is 326 g/mol. The molecule has 1 atom stereocenters. The zero-order valence-electron chi connectivity index (χ0n) is 13.6. The van der Waals surface area contributed by atoms with E-state index >= 15 is 0 Å². The largest absolute Gasteiger partial charge is 0.481 e. The highest BCUT2D eigenvalue weighted by Crippen LogP contribution is 2.21. The Bertz CT molecular complexity index is 553. The van der Waals surface area contributed by atoms with Gasteiger partial charge in [-0.15, -0.1) is 0 Å². The van der Waals surface area contributed by atoms with Crippen LogP contribution < -0.4 is 15.4 Å². The van der Waals surface area contributed by atoms with Gasteiger partial charge in [0.15, 0.2) is 6.10 Å². The van der Waals surface area contributed by atoms with Gasteiger partial charge in [-0.1, -0.05) is 11.6 Å². The van der Waals surface area contributed by atoms with Gasteiger partial charge in [0.2, 0.25) is 5.91 Å². The van der Waals surface area contributed by atoms with Crippen LogP contribution in [0.5, 0.6) is 5.75 Å². The minimum atomic E-state index is -0.706. The molecule has 0 saturated carbocycles. The van der Waals surface area contributed by atoms with Crippen LogP contribution in [-0.4, -0.2) is 30.0 Å². The number of nitrogens with one attached hydrogen (secondary N) is 2. The molecule has 1 aromatic carbocycles. The molecule has 0 aliphatic carbocycles. The molecule has 122 valence electrons. The molecule has 0 bridgehead atoms. The first kappa shape index (κ1) is 18.3. The van der Waals surface area contributed by atoms with Crippen LogP contribution in [0.4, 0.5) is 0 Å². The predicted octanol–water partition coefficient (Wildman–Crippen LogP) is 2.45. The molecule has 0 fully saturated rings. The van der Waals surface area contributed by atoms with Crippen LogP contribution in [0.2, 0.25) is 5.02 Å². The minimum absolute atomic E-state index is 0.0799. The molecule has 22 heavy (non-hydrogen) atoms. The van der Waals surface area contributed by atoms with E-state index in [1.807, 2.05) is 27.7 Å². The molecule has 1 rings (SSSR count). The second kappa shape index (κ2) is 7.49. The van der Waals surface area contributed by atoms with Crippen molar-refractivity contribution in [3.63, 3.8) is 0 Å². The van der Waals surface area contributed by atoms with E-state index in [1.54, 1.807) is 25.1 Å². The predicted molar refractivity (Wildman–Crippen MR) is 87.2 cm³/mol. The Labute approximate surface area is 136 Å². The number of amides is 2. The molecule has 1 aromatic rings. The van der Waals surface area contributed by atoms with Crippen molar-refractivity contribution in [2.45, 2.75) is 46.3 Å². The molecule has 2 amide bonds. The Kier molecular flexibility index (Phi) is 6.23. The van der Waals surface area contributed by atoms with Crippen LogP contribution in [-0.2, 0) is 9.59 Å². The SMILES string of the molecule is Cc1cc(OC(C)C(=O)NCC(=O)NC(C)(C)C)ccc1Cl. The standard InChI is InChI=1S/C16H23ClN2O3/c1-10-8-12(6-7-13(10)17)22-11(2)15(21)18-9-14(20)19-16(3,4)5/h6-8,11H,9H2,1-5H3,(H,18,21)(H,19,20). The highest BCUT2D eigenvalue weighted by Gasteiger charge is 2.18. The average molecular weight is 327 g/mol. The number of benzene rings is 1. The van der Waals surface area contributed by atoms with Gasteiger partial charge >= 0.3 is 0 Å². The fraction of sp³-hybridized carbons (Fsp3) is 0.500. The lowest BCUT2D eigenvalue weighted by molar-refractivity contribution is -0.130. The van der Waals surface area contributed by atoms with Crippen molar-refractivity contribution in [1.29, 1.82) is 0 Å². The zero-order chi connectivity index (χ0) is 16.9. The summed E-state index contributed by atoms with van der Waals surface area (Å²) in [4.78, 5) is 23.6. The molecule has 0 heterocycles. The highest BCUT2D eigenvalue weighted by atomic mass is 35.5. The van der Waals surface area contributed by atoms with Gasteiger partial charge in [-0.3, -0.25) is 9.59 Å². The van der Waals surface area contributed by atoms with Crippen LogP contribution >= 0.6 is 11.6 Å². The van der Waals surface area contributed by atoms with Crippen LogP contribution in [0.25, 0.3) is 0 Å². The number of rotatable bonds is 5. The smallest absolute Gasteiger partial charge is 0.261 e. The molecule has 6 heteroatoms. The third kappa shape index (κ3) is 6.35. The number of hydrogen-bond acceptors (Lipinski definition) is 3. The quantitative estimate of drug-likeness (QED) is 0.873. The third-order valence-corrected chi connectivity index (χ3v) is 3.17. The van der Waals surface area contributed by atoms with Crippen LogP contribution in [0, 0.1) is 6.92 Å². The highest BCUT2D eigenvalue weighted by molar-refractivity contribution is 6.31. The number of aryl methyl sites for hydroxylation is 1. The number of ether oxygens (including phenoxy) is 1. The first-order chi connectivity index (χ1) is 10.1. The Morgan fingerprint density at radius 2 is 1.95 bits per heavy atom. The molecule has 1 unspecified atom stereocenters. The maximum Gasteiger partial charge on any atom is 0.261 e. The van der Waals surface area contributed by atoms with Crippen molar-refractivity contribution < 1.29 is 14.3 Å². The second-order valence-corrected chi connectivity index (χ2v) is 6.59. The van der Waals surface area contributed by atoms with Gasteiger partial charge in [-0.2, -0.15) is 0 Å². The van der Waals surface area contributed by atoms with Crippen molar-refractivity contribution in [2.75, 3.05) is 6.54 Å². The van der Waals surface area contributed by atoms with Gasteiger partial charge < -0.3 is 15.4 Å². The number of hydrogen-bond donors (Lipinski definition) is 2. The summed E-state index contributed by atoms with van der Waals surface area (Å²) < 4.78 is 5.54. The average Bonchev–Trinajstić information content (AvgIpc) is 2.38. The maximum absolute atomic E-state index is 11.9. The lowest BCUT2D eigenvalue weighted by atomic mass is 10.1. The Balaban J connectivity index is 2.48. The van der Waals surface area contributed by atoms with E-state index in [2.05, 4.69) is 10.6 Å². The van der Waals surface area contributed by atoms with Gasteiger partial charge in [-0.05, 0) is 58.4 Å². The molecule has 0 aliphatic heterocycles. The molecular formula is C16H23ClN2O3. The summed E-state index contributed by atoms with van der Waals surface area (Å²) >= 11 is 5.94. The van der Waals surface area contributed by atoms with Gasteiger partial charge in [0, 0.05) is 10.6 Å². The zero-order valence-corrected chi connectivity index (χ0v) is 14.4. The van der Waals surface area contributed by atoms with E-state index < -0.39 is 6.10 Å². The van der Waals surface area contributed by atoms with Gasteiger partial charge in [0.25, 0.3) is 5.91 Å². The minimum Gasteiger partial charge on any atom is -0.481 e. The van der Waals surface area contributed by atoms with E-state index in [1.165, 1.54) is 0 Å². The summed E-state index contributed by atoms with van der Waals surface area (Å²) in [6, 6.07) is 5.18. The van der Waals surface area contributed by atoms with E-state index in [4.69, 9.17) is 16.3 Å². The molecule has 0 radical (unpaired) electrons. The van der Waals surface area contributed by atoms with Crippen LogP contribution in [0.1, 0.15) is 33.3 Å². The number of carbonyl (C=O) groups excluding carboxylic acids is 2. The Morgan fingerprint density at radius 3 is 2.50 bits per heavy atom. The lowest BCUT2D eigenvalue weighted by Gasteiger charge is -2.21. The Hall–Kier alpha value is -1.75. The van der Waals surface area contributed by atoms with Gasteiger partial charge in [0.1, 0.15) is 5.75 Å². The van der Waals surface area contributed by atoms with Crippen molar-refractivity contribution in [1.82, 2.24) is 10.6 Å². The summed E-state index contributed by atoms with van der Waals surface area (Å²) in [5, 5.41) is 5.96. The third-order valence-electron chi connectivity index (χ3n) is 2.75. The van der Waals surface area contributed by atoms with E-state index in [0.717, 1.165) is 5.56 Å². The van der Waals surface area contributed by atoms with Crippen molar-refractivity contribution in [3.05, 3.63) is 28.8 Å². The molecule has 5 nitrogen and oxygen atoms in total. The van der Waals surface area contributed by atoms with Crippen molar-refractivity contribution >= 4 is 23.4 Å². The van der Waals surface area contributed by atoms with E-state index in [-0.39, 0.29) is 23.9 Å². The first-order valence-electron chi connectivity index (χ1n) is 7.10. The summed E-state index contributed by atoms with van der Waals surface area (Å²) in [7, 11) is 0. The molecule has 0 spiro atoms. The first-order valence-corrected chi connectivity index (χ1v) is 7.48. The molecule has 2 N–H and O–H groups in total. The fourth-order valence-corrected chi connectivity index (χ4v) is 1.84. The molecule has 0 saturated heterocycles. The van der Waals surface area contributed by atoms with Gasteiger partial charge in [0.05, 0.1) is 6.54 Å². The summed E-state index contributed by atoms with van der Waals surface area (Å²) in [6.07, 6.45) is -0.706. The summed E-state index contributed by atoms with van der Waals surface area (Å²) in [5.41, 5.74) is 0.543. The van der Waals surface area contributed by atoms with Crippen molar-refractivity contribution in [2.24, 2.45) is 0 Å². The second-order valence-electron chi connectivity index (χ2n) is 6.19. The van der Waals surface area contributed by atoms with E-state index in [9.17, 15) is 9.59 Å².